The number of benzene rings is 1. The summed E-state index contributed by atoms with van der Waals surface area (Å²) in [5.74, 6) is 0.571. The van der Waals surface area contributed by atoms with Gasteiger partial charge in [-0.15, -0.1) is 0 Å². The summed E-state index contributed by atoms with van der Waals surface area (Å²) in [6.45, 7) is 8.81. The van der Waals surface area contributed by atoms with Gasteiger partial charge in [0.2, 0.25) is 11.9 Å². The molecule has 8 heteroatoms. The Morgan fingerprint density at radius 1 is 1.06 bits per heavy atom. The van der Waals surface area contributed by atoms with Gasteiger partial charge in [0.05, 0.1) is 5.69 Å². The van der Waals surface area contributed by atoms with Gasteiger partial charge in [-0.1, -0.05) is 18.2 Å². The smallest absolute Gasteiger partial charge is 0.252 e. The van der Waals surface area contributed by atoms with E-state index in [0.29, 0.717) is 24.5 Å². The molecule has 3 heterocycles. The van der Waals surface area contributed by atoms with E-state index in [1.807, 2.05) is 36.9 Å². The van der Waals surface area contributed by atoms with Crippen molar-refractivity contribution in [3.05, 3.63) is 69.4 Å². The van der Waals surface area contributed by atoms with Crippen LogP contribution in [0.3, 0.4) is 0 Å². The number of hydrogen-bond acceptors (Lipinski definition) is 5. The zero-order valence-electron chi connectivity index (χ0n) is 18.3. The molecule has 3 aromatic rings. The van der Waals surface area contributed by atoms with Gasteiger partial charge in [0.1, 0.15) is 0 Å². The summed E-state index contributed by atoms with van der Waals surface area (Å²) in [4.78, 5) is 36.0. The molecule has 1 aromatic carbocycles. The van der Waals surface area contributed by atoms with Gasteiger partial charge in [0, 0.05) is 55.7 Å². The van der Waals surface area contributed by atoms with E-state index in [-0.39, 0.29) is 11.5 Å². The fourth-order valence-corrected chi connectivity index (χ4v) is 4.15. The van der Waals surface area contributed by atoms with Crippen molar-refractivity contribution in [2.24, 2.45) is 0 Å². The second-order valence-electron chi connectivity index (χ2n) is 7.97. The number of para-hydroxylation sites is 1. The fourth-order valence-electron chi connectivity index (χ4n) is 4.15. The third-order valence-corrected chi connectivity index (χ3v) is 5.84. The lowest BCUT2D eigenvalue weighted by molar-refractivity contribution is -0.131. The zero-order valence-corrected chi connectivity index (χ0v) is 18.3. The van der Waals surface area contributed by atoms with E-state index in [9.17, 15) is 9.59 Å². The minimum Gasteiger partial charge on any atom is -0.368 e. The minimum atomic E-state index is -0.207. The van der Waals surface area contributed by atoms with Gasteiger partial charge in [-0.3, -0.25) is 14.6 Å². The highest BCUT2D eigenvalue weighted by atomic mass is 16.2. The van der Waals surface area contributed by atoms with Crippen molar-refractivity contribution in [2.75, 3.05) is 31.1 Å². The summed E-state index contributed by atoms with van der Waals surface area (Å²) in [5, 5.41) is 4.55. The number of carbonyl (C=O) groups excluding carboxylic acids is 1. The lowest BCUT2D eigenvalue weighted by Gasteiger charge is -2.36. The Labute approximate surface area is 181 Å². The van der Waals surface area contributed by atoms with E-state index in [1.165, 1.54) is 11.8 Å². The third-order valence-electron chi connectivity index (χ3n) is 5.84. The summed E-state index contributed by atoms with van der Waals surface area (Å²) >= 11 is 0. The van der Waals surface area contributed by atoms with Crippen molar-refractivity contribution >= 4 is 11.6 Å². The number of aryl methyl sites for hydroxylation is 2. The highest BCUT2D eigenvalue weighted by Gasteiger charge is 2.22. The standard InChI is InChI=1S/C23H28N6O2/c1-16-15-21(30)25-23(24-16)29-18(3)20(17(2)26-29)9-10-22(31)28-13-11-27(12-14-28)19-7-5-4-6-8-19/h4-8,15H,9-14H2,1-3H3,(H,24,25,30). The van der Waals surface area contributed by atoms with Crippen molar-refractivity contribution in [3.8, 4) is 5.95 Å². The molecular formula is C23H28N6O2. The maximum Gasteiger partial charge on any atom is 0.252 e. The SMILES string of the molecule is Cc1cc(=O)[nH]c(-n2nc(C)c(CCC(=O)N3CCN(c4ccccc4)CC3)c2C)n1. The predicted octanol–water partition coefficient (Wildman–Crippen LogP) is 2.16. The van der Waals surface area contributed by atoms with Crippen LogP contribution in [-0.2, 0) is 11.2 Å². The molecule has 0 bridgehead atoms. The van der Waals surface area contributed by atoms with Gasteiger partial charge in [0.15, 0.2) is 0 Å². The quantitative estimate of drug-likeness (QED) is 0.684. The van der Waals surface area contributed by atoms with Gasteiger partial charge in [-0.05, 0) is 44.9 Å². The minimum absolute atomic E-state index is 0.168. The zero-order chi connectivity index (χ0) is 22.0. The number of nitrogens with one attached hydrogen (secondary N) is 1. The van der Waals surface area contributed by atoms with Crippen LogP contribution in [0.25, 0.3) is 5.95 Å². The first-order valence-corrected chi connectivity index (χ1v) is 10.6. The van der Waals surface area contributed by atoms with Crippen LogP contribution in [0, 0.1) is 20.8 Å². The summed E-state index contributed by atoms with van der Waals surface area (Å²) in [5.41, 5.74) is 4.41. The molecule has 0 unspecified atom stereocenters. The Morgan fingerprint density at radius 3 is 2.45 bits per heavy atom. The molecule has 31 heavy (non-hydrogen) atoms. The number of H-pyrrole nitrogens is 1. The third kappa shape index (κ3) is 4.52. The Balaban J connectivity index is 1.39. The van der Waals surface area contributed by atoms with Crippen LogP contribution in [0.4, 0.5) is 5.69 Å². The molecular weight excluding hydrogens is 392 g/mol. The first kappa shape index (κ1) is 20.8. The Kier molecular flexibility index (Phi) is 5.88. The van der Waals surface area contributed by atoms with Crippen LogP contribution in [0.1, 0.15) is 29.1 Å². The summed E-state index contributed by atoms with van der Waals surface area (Å²) in [7, 11) is 0. The Bertz CT molecular complexity index is 1130. The van der Waals surface area contributed by atoms with E-state index < -0.39 is 0 Å². The van der Waals surface area contributed by atoms with Crippen molar-refractivity contribution in [2.45, 2.75) is 33.6 Å². The van der Waals surface area contributed by atoms with Crippen LogP contribution in [0.5, 0.6) is 0 Å². The van der Waals surface area contributed by atoms with Gasteiger partial charge < -0.3 is 9.80 Å². The monoisotopic (exact) mass is 420 g/mol. The summed E-state index contributed by atoms with van der Waals surface area (Å²) in [6.07, 6.45) is 1.06. The molecule has 1 saturated heterocycles. The number of amides is 1. The first-order valence-electron chi connectivity index (χ1n) is 10.6. The van der Waals surface area contributed by atoms with Crippen molar-refractivity contribution in [1.29, 1.82) is 0 Å². The van der Waals surface area contributed by atoms with Crippen molar-refractivity contribution in [3.63, 3.8) is 0 Å². The molecule has 0 atom stereocenters. The largest absolute Gasteiger partial charge is 0.368 e. The van der Waals surface area contributed by atoms with E-state index in [0.717, 1.165) is 43.1 Å². The molecule has 0 spiro atoms. The molecule has 0 saturated carbocycles. The Hall–Kier alpha value is -3.42. The number of carbonyl (C=O) groups is 1. The molecule has 8 nitrogen and oxygen atoms in total. The van der Waals surface area contributed by atoms with Crippen LogP contribution < -0.4 is 10.5 Å². The van der Waals surface area contributed by atoms with Crippen LogP contribution in [0.2, 0.25) is 0 Å². The number of hydrogen-bond donors (Lipinski definition) is 1. The fraction of sp³-hybridized carbons (Fsp3) is 0.391. The molecule has 1 aliphatic heterocycles. The second kappa shape index (κ2) is 8.75. The van der Waals surface area contributed by atoms with E-state index >= 15 is 0 Å². The molecule has 0 aliphatic carbocycles. The maximum absolute atomic E-state index is 12.8. The van der Waals surface area contributed by atoms with Crippen LogP contribution in [0.15, 0.2) is 41.2 Å². The second-order valence-corrected chi connectivity index (χ2v) is 7.97. The summed E-state index contributed by atoms with van der Waals surface area (Å²) < 4.78 is 1.65. The predicted molar refractivity (Wildman–Crippen MR) is 120 cm³/mol. The first-order chi connectivity index (χ1) is 14.9. The van der Waals surface area contributed by atoms with Crippen LogP contribution >= 0.6 is 0 Å². The molecule has 2 aromatic heterocycles. The summed E-state index contributed by atoms with van der Waals surface area (Å²) in [6, 6.07) is 11.8. The lowest BCUT2D eigenvalue weighted by Crippen LogP contribution is -2.48. The van der Waals surface area contributed by atoms with Gasteiger partial charge in [-0.2, -0.15) is 5.10 Å². The number of aromatic amines is 1. The highest BCUT2D eigenvalue weighted by molar-refractivity contribution is 5.77. The maximum atomic E-state index is 12.8. The average Bonchev–Trinajstić information content (AvgIpc) is 3.05. The molecule has 162 valence electrons. The van der Waals surface area contributed by atoms with E-state index in [2.05, 4.69) is 32.1 Å². The number of nitrogens with zero attached hydrogens (tertiary/aromatic N) is 5. The molecule has 1 N–H and O–H groups in total. The average molecular weight is 421 g/mol. The Morgan fingerprint density at radius 2 is 1.77 bits per heavy atom. The molecule has 1 fully saturated rings. The molecule has 1 amide bonds. The lowest BCUT2D eigenvalue weighted by atomic mass is 10.1. The number of piperazine rings is 1. The van der Waals surface area contributed by atoms with E-state index in [4.69, 9.17) is 0 Å². The number of anilines is 1. The normalized spacial score (nSPS) is 14.2. The molecule has 4 rings (SSSR count). The van der Waals surface area contributed by atoms with Gasteiger partial charge in [0.25, 0.3) is 5.56 Å². The van der Waals surface area contributed by atoms with E-state index in [1.54, 1.807) is 11.6 Å². The van der Waals surface area contributed by atoms with Crippen molar-refractivity contribution < 1.29 is 4.79 Å². The van der Waals surface area contributed by atoms with Gasteiger partial charge in [-0.25, -0.2) is 9.67 Å². The number of rotatable bonds is 5. The van der Waals surface area contributed by atoms with Gasteiger partial charge >= 0.3 is 0 Å². The number of aromatic nitrogens is 4. The van der Waals surface area contributed by atoms with Crippen molar-refractivity contribution in [1.82, 2.24) is 24.6 Å². The van der Waals surface area contributed by atoms with Crippen LogP contribution in [-0.4, -0.2) is 56.7 Å². The topological polar surface area (TPSA) is 87.1 Å². The molecule has 1 aliphatic rings. The highest BCUT2D eigenvalue weighted by Crippen LogP contribution is 2.19. The molecule has 0 radical (unpaired) electrons.